The second-order valence-corrected chi connectivity index (χ2v) is 10.6. The maximum atomic E-state index is 14.5. The third-order valence-corrected chi connectivity index (χ3v) is 8.71. The lowest BCUT2D eigenvalue weighted by Crippen LogP contribution is -2.40. The van der Waals surface area contributed by atoms with Crippen LogP contribution in [-0.4, -0.2) is 23.2 Å². The monoisotopic (exact) mass is 490 g/mol. The van der Waals surface area contributed by atoms with Gasteiger partial charge in [0.2, 0.25) is 0 Å². The van der Waals surface area contributed by atoms with Crippen molar-refractivity contribution >= 4 is 34.6 Å². The van der Waals surface area contributed by atoms with Gasteiger partial charge in [-0.05, 0) is 93.6 Å². The van der Waals surface area contributed by atoms with E-state index in [2.05, 4.69) is 0 Å². The highest BCUT2D eigenvalue weighted by molar-refractivity contribution is 6.37. The Morgan fingerprint density at radius 3 is 1.43 bits per heavy atom. The molecule has 3 aliphatic rings. The maximum absolute atomic E-state index is 14.5. The van der Waals surface area contributed by atoms with Crippen molar-refractivity contribution in [1.82, 2.24) is 0 Å². The minimum atomic E-state index is -1.12. The lowest BCUT2D eigenvalue weighted by atomic mass is 9.85. The molecule has 6 nitrogen and oxygen atoms in total. The van der Waals surface area contributed by atoms with Crippen molar-refractivity contribution in [3.8, 4) is 0 Å². The lowest BCUT2D eigenvalue weighted by molar-refractivity contribution is -0.126. The Labute approximate surface area is 217 Å². The van der Waals surface area contributed by atoms with Gasteiger partial charge in [0.05, 0.1) is 22.8 Å². The average Bonchev–Trinajstić information content (AvgIpc) is 3.37. The van der Waals surface area contributed by atoms with Crippen LogP contribution in [0.25, 0.3) is 0 Å². The maximum Gasteiger partial charge on any atom is 0.261 e. The van der Waals surface area contributed by atoms with E-state index in [0.717, 1.165) is 27.8 Å². The van der Waals surface area contributed by atoms with Crippen LogP contribution in [0, 0.1) is 38.5 Å². The molecule has 37 heavy (non-hydrogen) atoms. The zero-order valence-electron chi connectivity index (χ0n) is 22.0. The smallest absolute Gasteiger partial charge is 0.261 e. The van der Waals surface area contributed by atoms with Gasteiger partial charge < -0.3 is 0 Å². The predicted molar refractivity (Wildman–Crippen MR) is 147 cm³/mol. The molecule has 3 atom stereocenters. The van der Waals surface area contributed by atoms with Gasteiger partial charge in [0.25, 0.3) is 11.8 Å². The van der Waals surface area contributed by atoms with Gasteiger partial charge in [0.1, 0.15) is 10.8 Å². The van der Waals surface area contributed by atoms with E-state index < -0.39 is 10.8 Å². The van der Waals surface area contributed by atoms with Crippen molar-refractivity contribution in [3.63, 3.8) is 0 Å². The Hall–Kier alpha value is -4.06. The van der Waals surface area contributed by atoms with Gasteiger partial charge in [0.15, 0.2) is 0 Å². The first-order valence-corrected chi connectivity index (χ1v) is 12.7. The largest absolute Gasteiger partial charge is 0.271 e. The molecule has 186 valence electrons. The number of anilines is 2. The van der Waals surface area contributed by atoms with Crippen molar-refractivity contribution in [2.45, 2.75) is 47.5 Å². The van der Waals surface area contributed by atoms with Crippen molar-refractivity contribution in [2.24, 2.45) is 21.0 Å². The van der Waals surface area contributed by atoms with Crippen LogP contribution >= 0.6 is 0 Å². The first kappa shape index (κ1) is 23.3. The van der Waals surface area contributed by atoms with Gasteiger partial charge in [0, 0.05) is 5.92 Å². The van der Waals surface area contributed by atoms with Crippen LogP contribution in [0.15, 0.2) is 76.9 Å². The predicted octanol–water partition coefficient (Wildman–Crippen LogP) is 5.84. The number of hydrazone groups is 2. The molecule has 0 saturated heterocycles. The molecular formula is C31H30N4O2. The van der Waals surface area contributed by atoms with Crippen LogP contribution < -0.4 is 10.0 Å². The van der Waals surface area contributed by atoms with Crippen molar-refractivity contribution in [1.29, 1.82) is 0 Å². The molecule has 1 aliphatic carbocycles. The Morgan fingerprint density at radius 2 is 1.03 bits per heavy atom. The lowest BCUT2D eigenvalue weighted by Gasteiger charge is -2.19. The van der Waals surface area contributed by atoms with E-state index in [-0.39, 0.29) is 17.7 Å². The highest BCUT2D eigenvalue weighted by atomic mass is 16.2. The van der Waals surface area contributed by atoms with E-state index in [9.17, 15) is 9.59 Å². The van der Waals surface area contributed by atoms with Crippen molar-refractivity contribution < 1.29 is 9.59 Å². The highest BCUT2D eigenvalue weighted by Gasteiger charge is 2.91. The first-order valence-electron chi connectivity index (χ1n) is 12.7. The SMILES string of the molecule is CC1=NN(c2ccc(C)c(C)c2)C(=O)[C@@]12C(c1ccccc1)[C@]21C(=O)N(c2ccc(C)c(C)c2)N=C1C. The molecular weight excluding hydrogens is 460 g/mol. The molecule has 2 aliphatic heterocycles. The molecule has 6 heteroatoms. The number of aryl methyl sites for hydroxylation is 4. The van der Waals surface area contributed by atoms with Gasteiger partial charge in [-0.3, -0.25) is 9.59 Å². The van der Waals surface area contributed by atoms with Crippen LogP contribution in [0.5, 0.6) is 0 Å². The van der Waals surface area contributed by atoms with E-state index in [1.165, 1.54) is 10.0 Å². The molecule has 0 N–H and O–H groups in total. The van der Waals surface area contributed by atoms with Crippen LogP contribution in [0.1, 0.15) is 47.6 Å². The second-order valence-electron chi connectivity index (χ2n) is 10.6. The fourth-order valence-corrected chi connectivity index (χ4v) is 6.45. The fourth-order valence-electron chi connectivity index (χ4n) is 6.45. The summed E-state index contributed by atoms with van der Waals surface area (Å²) in [5.74, 6) is -0.735. The standard InChI is InChI=1S/C31H30N4O2/c1-18-12-14-25(16-20(18)3)34-28(36)30(22(5)32-34)27(24-10-8-7-9-11-24)31(30)23(6)33-35(29(31)37)26-15-13-19(2)21(4)17-26/h7-17,27H,1-6H3/t27?,30-,31+. The number of nitrogens with zero attached hydrogens (tertiary/aromatic N) is 4. The molecule has 1 saturated carbocycles. The third kappa shape index (κ3) is 2.81. The molecule has 2 amide bonds. The Bertz CT molecular complexity index is 1460. The topological polar surface area (TPSA) is 65.3 Å². The summed E-state index contributed by atoms with van der Waals surface area (Å²) in [6, 6.07) is 21.7. The van der Waals surface area contributed by atoms with E-state index in [4.69, 9.17) is 10.2 Å². The van der Waals surface area contributed by atoms with E-state index in [0.29, 0.717) is 22.8 Å². The summed E-state index contributed by atoms with van der Waals surface area (Å²) in [5.41, 5.74) is 5.88. The summed E-state index contributed by atoms with van der Waals surface area (Å²) in [5, 5.41) is 12.6. The van der Waals surface area contributed by atoms with E-state index in [1.807, 2.05) is 108 Å². The Balaban J connectivity index is 1.51. The molecule has 0 bridgehead atoms. The van der Waals surface area contributed by atoms with Crippen LogP contribution in [-0.2, 0) is 9.59 Å². The minimum absolute atomic E-state index is 0.174. The first-order chi connectivity index (χ1) is 17.6. The highest BCUT2D eigenvalue weighted by Crippen LogP contribution is 2.79. The van der Waals surface area contributed by atoms with Gasteiger partial charge in [-0.15, -0.1) is 0 Å². The molecule has 3 aromatic rings. The quantitative estimate of drug-likeness (QED) is 0.463. The normalized spacial score (nSPS) is 26.4. The average molecular weight is 491 g/mol. The summed E-state index contributed by atoms with van der Waals surface area (Å²) >= 11 is 0. The third-order valence-electron chi connectivity index (χ3n) is 8.71. The summed E-state index contributed by atoms with van der Waals surface area (Å²) in [4.78, 5) is 28.9. The van der Waals surface area contributed by atoms with Crippen LogP contribution in [0.2, 0.25) is 0 Å². The Kier molecular flexibility index (Phi) is 4.87. The minimum Gasteiger partial charge on any atom is -0.271 e. The second kappa shape index (κ2) is 7.72. The molecule has 3 aromatic carbocycles. The summed E-state index contributed by atoms with van der Waals surface area (Å²) in [6.07, 6.45) is 0. The van der Waals surface area contributed by atoms with E-state index in [1.54, 1.807) is 0 Å². The van der Waals surface area contributed by atoms with Crippen molar-refractivity contribution in [3.05, 3.63) is 94.5 Å². The summed E-state index contributed by atoms with van der Waals surface area (Å²) in [6.45, 7) is 11.9. The van der Waals surface area contributed by atoms with Gasteiger partial charge in [-0.1, -0.05) is 42.5 Å². The molecule has 2 heterocycles. The van der Waals surface area contributed by atoms with Gasteiger partial charge in [-0.2, -0.15) is 20.2 Å². The molecule has 0 aromatic heterocycles. The van der Waals surface area contributed by atoms with Crippen LogP contribution in [0.4, 0.5) is 11.4 Å². The van der Waals surface area contributed by atoms with Crippen molar-refractivity contribution in [2.75, 3.05) is 10.0 Å². The number of amides is 2. The molecule has 1 fully saturated rings. The molecule has 1 unspecified atom stereocenters. The fraction of sp³-hybridized carbons (Fsp3) is 0.290. The number of benzene rings is 3. The molecule has 6 rings (SSSR count). The number of carbonyl (C=O) groups is 2. The zero-order valence-corrected chi connectivity index (χ0v) is 22.0. The van der Waals surface area contributed by atoms with E-state index >= 15 is 0 Å². The zero-order chi connectivity index (χ0) is 26.3. The number of fused-ring (bicyclic) bond motifs is 1. The van der Waals surface area contributed by atoms with Crippen LogP contribution in [0.3, 0.4) is 0 Å². The number of hydrogen-bond donors (Lipinski definition) is 0. The van der Waals surface area contributed by atoms with Gasteiger partial charge in [-0.25, -0.2) is 0 Å². The molecule has 0 radical (unpaired) electrons. The Morgan fingerprint density at radius 1 is 0.595 bits per heavy atom. The summed E-state index contributed by atoms with van der Waals surface area (Å²) in [7, 11) is 0. The van der Waals surface area contributed by atoms with Gasteiger partial charge >= 0.3 is 0 Å². The number of carbonyl (C=O) groups excluding carboxylic acids is 2. The summed E-state index contributed by atoms with van der Waals surface area (Å²) < 4.78 is 0. The number of hydrogen-bond acceptors (Lipinski definition) is 4. The number of rotatable bonds is 3. The molecule has 2 spiro atoms.